The zero-order valence-corrected chi connectivity index (χ0v) is 19.3. The SMILES string of the molecule is Cc1ccc(C2=C(Nc3ccc(C)c(Cl)c3)C(=O)N(CCc3ccc(Cl)cc3)C2=O)cc1. The summed E-state index contributed by atoms with van der Waals surface area (Å²) in [4.78, 5) is 28.0. The molecule has 0 atom stereocenters. The van der Waals surface area contributed by atoms with Crippen LogP contribution < -0.4 is 5.32 Å². The molecule has 1 heterocycles. The van der Waals surface area contributed by atoms with E-state index in [1.165, 1.54) is 4.90 Å². The van der Waals surface area contributed by atoms with Crippen LogP contribution in [0.3, 0.4) is 0 Å². The number of benzene rings is 3. The van der Waals surface area contributed by atoms with Crippen LogP contribution in [0.25, 0.3) is 5.57 Å². The minimum Gasteiger partial charge on any atom is -0.350 e. The molecule has 0 aromatic heterocycles. The standard InChI is InChI=1S/C26H22Cl2N2O2/c1-16-3-8-19(9-4-16)23-24(29-21-12-5-17(2)22(28)15-21)26(32)30(25(23)31)14-13-18-6-10-20(27)11-7-18/h3-12,15,29H,13-14H2,1-2H3. The van der Waals surface area contributed by atoms with Crippen LogP contribution in [0.5, 0.6) is 0 Å². The average Bonchev–Trinajstić information content (AvgIpc) is 3.00. The summed E-state index contributed by atoms with van der Waals surface area (Å²) in [7, 11) is 0. The number of rotatable bonds is 6. The van der Waals surface area contributed by atoms with Gasteiger partial charge in [-0.1, -0.05) is 71.2 Å². The Balaban J connectivity index is 1.66. The lowest BCUT2D eigenvalue weighted by Crippen LogP contribution is -2.34. The van der Waals surface area contributed by atoms with Crippen LogP contribution in [0, 0.1) is 13.8 Å². The van der Waals surface area contributed by atoms with Gasteiger partial charge in [-0.05, 0) is 61.2 Å². The minimum absolute atomic E-state index is 0.259. The number of anilines is 1. The van der Waals surface area contributed by atoms with E-state index < -0.39 is 0 Å². The molecule has 0 unspecified atom stereocenters. The number of imide groups is 1. The van der Waals surface area contributed by atoms with E-state index >= 15 is 0 Å². The number of hydrogen-bond acceptors (Lipinski definition) is 3. The lowest BCUT2D eigenvalue weighted by atomic mass is 10.0. The van der Waals surface area contributed by atoms with Crippen molar-refractivity contribution in [2.24, 2.45) is 0 Å². The molecule has 0 fully saturated rings. The Morgan fingerprint density at radius 2 is 1.53 bits per heavy atom. The van der Waals surface area contributed by atoms with E-state index in [1.54, 1.807) is 18.2 Å². The van der Waals surface area contributed by atoms with Crippen LogP contribution >= 0.6 is 23.2 Å². The van der Waals surface area contributed by atoms with Crippen molar-refractivity contribution in [1.29, 1.82) is 0 Å². The maximum Gasteiger partial charge on any atom is 0.278 e. The maximum absolute atomic E-state index is 13.4. The summed E-state index contributed by atoms with van der Waals surface area (Å²) in [6.07, 6.45) is 0.541. The van der Waals surface area contributed by atoms with Crippen molar-refractivity contribution in [3.8, 4) is 0 Å². The summed E-state index contributed by atoms with van der Waals surface area (Å²) >= 11 is 12.2. The molecule has 2 amide bonds. The van der Waals surface area contributed by atoms with E-state index in [2.05, 4.69) is 5.32 Å². The first-order chi connectivity index (χ1) is 15.3. The van der Waals surface area contributed by atoms with Gasteiger partial charge < -0.3 is 5.32 Å². The predicted octanol–water partition coefficient (Wildman–Crippen LogP) is 6.04. The largest absolute Gasteiger partial charge is 0.350 e. The normalized spacial score (nSPS) is 13.8. The number of nitrogens with one attached hydrogen (secondary N) is 1. The number of hydrogen-bond donors (Lipinski definition) is 1. The molecule has 3 aromatic carbocycles. The Bertz CT molecular complexity index is 1220. The van der Waals surface area contributed by atoms with Gasteiger partial charge in [-0.25, -0.2) is 0 Å². The molecule has 0 bridgehead atoms. The van der Waals surface area contributed by atoms with E-state index in [0.29, 0.717) is 33.3 Å². The number of carbonyl (C=O) groups excluding carboxylic acids is 2. The Kier molecular flexibility index (Phi) is 6.35. The molecule has 3 aromatic rings. The van der Waals surface area contributed by atoms with Gasteiger partial charge in [0.1, 0.15) is 5.70 Å². The molecule has 162 valence electrons. The van der Waals surface area contributed by atoms with Crippen LogP contribution in [0.2, 0.25) is 10.0 Å². The third-order valence-corrected chi connectivity index (χ3v) is 6.15. The lowest BCUT2D eigenvalue weighted by Gasteiger charge is -2.15. The van der Waals surface area contributed by atoms with Gasteiger partial charge in [0, 0.05) is 22.3 Å². The second kappa shape index (κ2) is 9.19. The summed E-state index contributed by atoms with van der Waals surface area (Å²) in [6.45, 7) is 4.16. The van der Waals surface area contributed by atoms with Crippen LogP contribution in [-0.4, -0.2) is 23.3 Å². The molecule has 4 nitrogen and oxygen atoms in total. The fraction of sp³-hybridized carbons (Fsp3) is 0.154. The summed E-state index contributed by atoms with van der Waals surface area (Å²) < 4.78 is 0. The first-order valence-electron chi connectivity index (χ1n) is 10.3. The average molecular weight is 465 g/mol. The second-order valence-corrected chi connectivity index (χ2v) is 8.69. The van der Waals surface area contributed by atoms with Gasteiger partial charge in [0.15, 0.2) is 0 Å². The van der Waals surface area contributed by atoms with Crippen molar-refractivity contribution in [3.63, 3.8) is 0 Å². The van der Waals surface area contributed by atoms with Crippen molar-refractivity contribution in [1.82, 2.24) is 4.90 Å². The van der Waals surface area contributed by atoms with Gasteiger partial charge in [-0.15, -0.1) is 0 Å². The third kappa shape index (κ3) is 4.57. The number of aryl methyl sites for hydroxylation is 2. The van der Waals surface area contributed by atoms with E-state index in [4.69, 9.17) is 23.2 Å². The molecule has 1 N–H and O–H groups in total. The monoisotopic (exact) mass is 464 g/mol. The smallest absolute Gasteiger partial charge is 0.278 e. The van der Waals surface area contributed by atoms with Gasteiger partial charge >= 0.3 is 0 Å². The summed E-state index contributed by atoms with van der Waals surface area (Å²) in [5, 5.41) is 4.39. The first kappa shape index (κ1) is 22.1. The quantitative estimate of drug-likeness (QED) is 0.452. The summed E-state index contributed by atoms with van der Waals surface area (Å²) in [5.74, 6) is -0.662. The second-order valence-electron chi connectivity index (χ2n) is 7.84. The highest BCUT2D eigenvalue weighted by atomic mass is 35.5. The number of nitrogens with zero attached hydrogens (tertiary/aromatic N) is 1. The summed E-state index contributed by atoms with van der Waals surface area (Å²) in [6, 6.07) is 20.4. The molecule has 0 saturated carbocycles. The third-order valence-electron chi connectivity index (χ3n) is 5.49. The topological polar surface area (TPSA) is 49.4 Å². The lowest BCUT2D eigenvalue weighted by molar-refractivity contribution is -0.136. The molecule has 0 spiro atoms. The van der Waals surface area contributed by atoms with E-state index in [0.717, 1.165) is 16.7 Å². The Hall–Kier alpha value is -3.08. The molecule has 0 saturated heterocycles. The molecule has 1 aliphatic heterocycles. The molecule has 1 aliphatic rings. The van der Waals surface area contributed by atoms with Gasteiger partial charge in [0.25, 0.3) is 11.8 Å². The van der Waals surface area contributed by atoms with Crippen LogP contribution in [0.1, 0.15) is 22.3 Å². The van der Waals surface area contributed by atoms with E-state index in [9.17, 15) is 9.59 Å². The molecular weight excluding hydrogens is 443 g/mol. The number of amides is 2. The van der Waals surface area contributed by atoms with Crippen LogP contribution in [-0.2, 0) is 16.0 Å². The van der Waals surface area contributed by atoms with Crippen molar-refractivity contribution in [2.75, 3.05) is 11.9 Å². The Morgan fingerprint density at radius 3 is 2.19 bits per heavy atom. The highest BCUT2D eigenvalue weighted by Gasteiger charge is 2.38. The Morgan fingerprint density at radius 1 is 0.844 bits per heavy atom. The number of carbonyl (C=O) groups is 2. The highest BCUT2D eigenvalue weighted by Crippen LogP contribution is 2.32. The van der Waals surface area contributed by atoms with Crippen molar-refractivity contribution < 1.29 is 9.59 Å². The van der Waals surface area contributed by atoms with Crippen molar-refractivity contribution >= 4 is 46.3 Å². The molecular formula is C26H22Cl2N2O2. The minimum atomic E-state index is -0.351. The molecule has 4 rings (SSSR count). The first-order valence-corrected chi connectivity index (χ1v) is 11.0. The maximum atomic E-state index is 13.4. The zero-order valence-electron chi connectivity index (χ0n) is 17.8. The van der Waals surface area contributed by atoms with E-state index in [1.807, 2.05) is 62.4 Å². The summed E-state index contributed by atoms with van der Waals surface area (Å²) in [5.41, 5.74) is 4.98. The fourth-order valence-electron chi connectivity index (χ4n) is 3.59. The van der Waals surface area contributed by atoms with Crippen molar-refractivity contribution in [3.05, 3.63) is 105 Å². The van der Waals surface area contributed by atoms with Gasteiger partial charge in [-0.2, -0.15) is 0 Å². The van der Waals surface area contributed by atoms with E-state index in [-0.39, 0.29) is 24.1 Å². The molecule has 0 radical (unpaired) electrons. The highest BCUT2D eigenvalue weighted by molar-refractivity contribution is 6.36. The van der Waals surface area contributed by atoms with Crippen LogP contribution in [0.15, 0.2) is 72.4 Å². The Labute approximate surface area is 197 Å². The molecule has 6 heteroatoms. The van der Waals surface area contributed by atoms with Gasteiger partial charge in [0.05, 0.1) is 5.57 Å². The van der Waals surface area contributed by atoms with Crippen LogP contribution in [0.4, 0.5) is 5.69 Å². The van der Waals surface area contributed by atoms with Gasteiger partial charge in [0.2, 0.25) is 0 Å². The zero-order chi connectivity index (χ0) is 22.8. The molecule has 32 heavy (non-hydrogen) atoms. The number of halogens is 2. The van der Waals surface area contributed by atoms with Gasteiger partial charge in [-0.3, -0.25) is 14.5 Å². The fourth-order valence-corrected chi connectivity index (χ4v) is 3.90. The predicted molar refractivity (Wildman–Crippen MR) is 130 cm³/mol. The molecule has 0 aliphatic carbocycles. The van der Waals surface area contributed by atoms with Crippen molar-refractivity contribution in [2.45, 2.75) is 20.3 Å².